The average Bonchev–Trinajstić information content (AvgIpc) is 3.15. The van der Waals surface area contributed by atoms with Crippen LogP contribution in [0, 0.1) is 0 Å². The molecular formula is C15H16N2O4. The van der Waals surface area contributed by atoms with Gasteiger partial charge in [0.05, 0.1) is 20.3 Å². The first-order chi connectivity index (χ1) is 10.2. The summed E-state index contributed by atoms with van der Waals surface area (Å²) in [6.45, 7) is 0.407. The zero-order valence-corrected chi connectivity index (χ0v) is 11.5. The second-order valence-electron chi connectivity index (χ2n) is 4.77. The molecule has 0 amide bonds. The first-order valence-corrected chi connectivity index (χ1v) is 6.59. The second-order valence-corrected chi connectivity index (χ2v) is 4.77. The lowest BCUT2D eigenvalue weighted by Gasteiger charge is -2.07. The predicted octanol–water partition coefficient (Wildman–Crippen LogP) is 1.53. The van der Waals surface area contributed by atoms with Gasteiger partial charge in [0.15, 0.2) is 0 Å². The molecule has 0 unspecified atom stereocenters. The number of phenolic OH excluding ortho intramolecular Hbond substituents is 1. The van der Waals surface area contributed by atoms with E-state index in [9.17, 15) is 5.11 Å². The molecule has 0 saturated heterocycles. The van der Waals surface area contributed by atoms with Crippen LogP contribution in [0.1, 0.15) is 5.69 Å². The number of rotatable bonds is 4. The number of hydrogen-bond acceptors (Lipinski definition) is 5. The lowest BCUT2D eigenvalue weighted by molar-refractivity contribution is 0.130. The molecule has 2 heterocycles. The van der Waals surface area contributed by atoms with Gasteiger partial charge in [-0.05, 0) is 24.3 Å². The van der Waals surface area contributed by atoms with E-state index in [0.29, 0.717) is 18.2 Å². The van der Waals surface area contributed by atoms with Gasteiger partial charge >= 0.3 is 0 Å². The minimum atomic E-state index is -0.271. The van der Waals surface area contributed by atoms with Crippen LogP contribution in [0.3, 0.4) is 0 Å². The number of aromatic hydroxyl groups is 1. The van der Waals surface area contributed by atoms with E-state index in [-0.39, 0.29) is 18.5 Å². The molecule has 0 spiro atoms. The van der Waals surface area contributed by atoms with Gasteiger partial charge < -0.3 is 24.7 Å². The van der Waals surface area contributed by atoms with Gasteiger partial charge in [0.2, 0.25) is 5.90 Å². The summed E-state index contributed by atoms with van der Waals surface area (Å²) < 4.78 is 10.7. The predicted molar refractivity (Wildman–Crippen MR) is 77.8 cm³/mol. The number of aliphatic imine (C=N–C) groups is 1. The third-order valence-electron chi connectivity index (χ3n) is 3.27. The molecule has 1 aromatic heterocycles. The maximum Gasteiger partial charge on any atom is 0.233 e. The Labute approximate surface area is 121 Å². The fraction of sp³-hybridized carbons (Fsp3) is 0.267. The van der Waals surface area contributed by atoms with Crippen LogP contribution in [0.4, 0.5) is 0 Å². The van der Waals surface area contributed by atoms with Gasteiger partial charge in [-0.25, -0.2) is 4.99 Å². The number of aromatic amines is 1. The Kier molecular flexibility index (Phi) is 3.53. The van der Waals surface area contributed by atoms with Crippen molar-refractivity contribution in [1.82, 2.24) is 4.98 Å². The number of methoxy groups -OCH3 is 1. The first kappa shape index (κ1) is 13.5. The highest BCUT2D eigenvalue weighted by Crippen LogP contribution is 2.29. The van der Waals surface area contributed by atoms with E-state index in [1.54, 1.807) is 19.2 Å². The average molecular weight is 288 g/mol. The smallest absolute Gasteiger partial charge is 0.233 e. The first-order valence-electron chi connectivity index (χ1n) is 6.59. The highest BCUT2D eigenvalue weighted by molar-refractivity contribution is 5.94. The maximum absolute atomic E-state index is 9.70. The van der Waals surface area contributed by atoms with Crippen molar-refractivity contribution in [3.8, 4) is 22.8 Å². The lowest BCUT2D eigenvalue weighted by Crippen LogP contribution is -2.17. The number of benzene rings is 1. The highest BCUT2D eigenvalue weighted by Gasteiger charge is 2.21. The third kappa shape index (κ3) is 2.71. The van der Waals surface area contributed by atoms with E-state index in [4.69, 9.17) is 14.6 Å². The zero-order valence-electron chi connectivity index (χ0n) is 11.5. The van der Waals surface area contributed by atoms with E-state index in [0.717, 1.165) is 17.0 Å². The van der Waals surface area contributed by atoms with Crippen molar-refractivity contribution in [3.63, 3.8) is 0 Å². The molecule has 0 aliphatic carbocycles. The van der Waals surface area contributed by atoms with Crippen molar-refractivity contribution in [2.75, 3.05) is 20.3 Å². The van der Waals surface area contributed by atoms with Gasteiger partial charge in [-0.2, -0.15) is 0 Å². The SMILES string of the molecule is COc1cc(O)cc(-c2ccc(C3=NC[C@H](CO)O3)[nH]2)c1. The molecule has 3 rings (SSSR count). The molecule has 1 aliphatic heterocycles. The molecule has 1 atom stereocenters. The van der Waals surface area contributed by atoms with Crippen LogP contribution in [0.5, 0.6) is 11.5 Å². The maximum atomic E-state index is 9.70. The van der Waals surface area contributed by atoms with E-state index >= 15 is 0 Å². The van der Waals surface area contributed by atoms with Gasteiger partial charge in [-0.15, -0.1) is 0 Å². The number of phenols is 1. The third-order valence-corrected chi connectivity index (χ3v) is 3.27. The van der Waals surface area contributed by atoms with Crippen LogP contribution in [0.25, 0.3) is 11.3 Å². The van der Waals surface area contributed by atoms with Crippen LogP contribution in [-0.4, -0.2) is 47.5 Å². The molecule has 21 heavy (non-hydrogen) atoms. The van der Waals surface area contributed by atoms with Gasteiger partial charge in [-0.1, -0.05) is 0 Å². The Morgan fingerprint density at radius 3 is 2.86 bits per heavy atom. The van der Waals surface area contributed by atoms with Crippen molar-refractivity contribution in [2.24, 2.45) is 4.99 Å². The summed E-state index contributed by atoms with van der Waals surface area (Å²) in [6.07, 6.45) is -0.271. The number of H-pyrrole nitrogens is 1. The van der Waals surface area contributed by atoms with Crippen LogP contribution >= 0.6 is 0 Å². The molecule has 3 N–H and O–H groups in total. The number of aliphatic hydroxyl groups is 1. The number of aromatic nitrogens is 1. The molecule has 0 radical (unpaired) electrons. The summed E-state index contributed by atoms with van der Waals surface area (Å²) in [5, 5.41) is 18.8. The quantitative estimate of drug-likeness (QED) is 0.796. The summed E-state index contributed by atoms with van der Waals surface area (Å²) in [6, 6.07) is 8.74. The fourth-order valence-corrected chi connectivity index (χ4v) is 2.21. The summed E-state index contributed by atoms with van der Waals surface area (Å²) in [7, 11) is 1.55. The van der Waals surface area contributed by atoms with E-state index in [2.05, 4.69) is 9.98 Å². The standard InChI is InChI=1S/C15H16N2O4/c1-20-11-5-9(4-10(19)6-11)13-2-3-14(17-13)15-16-7-12(8-18)21-15/h2-6,12,17-19H,7-8H2,1H3/t12-/m1/s1. The summed E-state index contributed by atoms with van der Waals surface area (Å²) in [4.78, 5) is 7.44. The molecule has 0 fully saturated rings. The second kappa shape index (κ2) is 5.49. The molecule has 1 aromatic carbocycles. The minimum absolute atomic E-state index is 0.0513. The Balaban J connectivity index is 1.87. The van der Waals surface area contributed by atoms with Gasteiger partial charge in [-0.3, -0.25) is 0 Å². The van der Waals surface area contributed by atoms with E-state index in [1.807, 2.05) is 18.2 Å². The van der Waals surface area contributed by atoms with E-state index in [1.165, 1.54) is 0 Å². The molecule has 2 aromatic rings. The number of aliphatic hydroxyl groups excluding tert-OH is 1. The molecule has 1 aliphatic rings. The largest absolute Gasteiger partial charge is 0.508 e. The number of nitrogens with one attached hydrogen (secondary N) is 1. The molecule has 6 nitrogen and oxygen atoms in total. The topological polar surface area (TPSA) is 87.1 Å². The molecule has 6 heteroatoms. The Morgan fingerprint density at radius 2 is 2.14 bits per heavy atom. The van der Waals surface area contributed by atoms with Gasteiger partial charge in [0, 0.05) is 17.3 Å². The van der Waals surface area contributed by atoms with Crippen molar-refractivity contribution in [2.45, 2.75) is 6.10 Å². The number of ether oxygens (including phenoxy) is 2. The van der Waals surface area contributed by atoms with Crippen molar-refractivity contribution in [3.05, 3.63) is 36.0 Å². The van der Waals surface area contributed by atoms with Crippen LogP contribution in [0.2, 0.25) is 0 Å². The molecule has 110 valence electrons. The summed E-state index contributed by atoms with van der Waals surface area (Å²) >= 11 is 0. The minimum Gasteiger partial charge on any atom is -0.508 e. The fourth-order valence-electron chi connectivity index (χ4n) is 2.21. The lowest BCUT2D eigenvalue weighted by atomic mass is 10.1. The van der Waals surface area contributed by atoms with Crippen molar-refractivity contribution >= 4 is 5.90 Å². The van der Waals surface area contributed by atoms with Crippen molar-refractivity contribution in [1.29, 1.82) is 0 Å². The Hall–Kier alpha value is -2.47. The zero-order chi connectivity index (χ0) is 14.8. The summed E-state index contributed by atoms with van der Waals surface area (Å²) in [5.41, 5.74) is 2.36. The van der Waals surface area contributed by atoms with Crippen molar-refractivity contribution < 1.29 is 19.7 Å². The molecule has 0 saturated carbocycles. The molecule has 0 bridgehead atoms. The van der Waals surface area contributed by atoms with Crippen LogP contribution in [0.15, 0.2) is 35.3 Å². The van der Waals surface area contributed by atoms with E-state index < -0.39 is 0 Å². The number of hydrogen-bond donors (Lipinski definition) is 3. The Morgan fingerprint density at radius 1 is 1.33 bits per heavy atom. The monoisotopic (exact) mass is 288 g/mol. The Bertz CT molecular complexity index is 678. The van der Waals surface area contributed by atoms with Crippen LogP contribution < -0.4 is 4.74 Å². The summed E-state index contributed by atoms with van der Waals surface area (Å²) in [5.74, 6) is 1.21. The van der Waals surface area contributed by atoms with Crippen LogP contribution in [-0.2, 0) is 4.74 Å². The van der Waals surface area contributed by atoms with Gasteiger partial charge in [0.25, 0.3) is 0 Å². The highest BCUT2D eigenvalue weighted by atomic mass is 16.5. The molecular weight excluding hydrogens is 272 g/mol. The number of nitrogens with zero attached hydrogens (tertiary/aromatic N) is 1. The van der Waals surface area contributed by atoms with Gasteiger partial charge in [0.1, 0.15) is 23.3 Å². The normalized spacial score (nSPS) is 17.4.